The summed E-state index contributed by atoms with van der Waals surface area (Å²) in [4.78, 5) is 34.5. The van der Waals surface area contributed by atoms with E-state index in [1.807, 2.05) is 84.6 Å². The lowest BCUT2D eigenvalue weighted by Gasteiger charge is -2.24. The van der Waals surface area contributed by atoms with Crippen molar-refractivity contribution in [2.45, 2.75) is 25.6 Å². The SMILES string of the molecule is COc1cccc(OC)c1-c1nn(-c2cccc(C)c2C)c2c1[C@@H](c1cccs1)SCC(=O)N2CC(=O)NCc1ccccn1. The van der Waals surface area contributed by atoms with Gasteiger partial charge in [-0.15, -0.1) is 23.1 Å². The van der Waals surface area contributed by atoms with Crippen LogP contribution >= 0.6 is 23.1 Å². The first kappa shape index (κ1) is 30.4. The second-order valence-corrected chi connectivity index (χ2v) is 12.6. The van der Waals surface area contributed by atoms with Crippen LogP contribution in [0.1, 0.15) is 32.5 Å². The summed E-state index contributed by atoms with van der Waals surface area (Å²) < 4.78 is 13.5. The van der Waals surface area contributed by atoms with Crippen LogP contribution in [0.15, 0.2) is 78.3 Å². The van der Waals surface area contributed by atoms with Gasteiger partial charge in [0.25, 0.3) is 0 Å². The van der Waals surface area contributed by atoms with Crippen molar-refractivity contribution in [2.24, 2.45) is 0 Å². The molecule has 1 aliphatic rings. The smallest absolute Gasteiger partial charge is 0.240 e. The number of nitrogens with one attached hydrogen (secondary N) is 1. The Morgan fingerprint density at radius 3 is 2.47 bits per heavy atom. The van der Waals surface area contributed by atoms with E-state index in [-0.39, 0.29) is 35.9 Å². The van der Waals surface area contributed by atoms with Crippen LogP contribution in [0.3, 0.4) is 0 Å². The number of aromatic nitrogens is 3. The number of nitrogens with zero attached hydrogens (tertiary/aromatic N) is 4. The van der Waals surface area contributed by atoms with Gasteiger partial charge in [0.05, 0.1) is 48.7 Å². The van der Waals surface area contributed by atoms with Gasteiger partial charge in [-0.3, -0.25) is 19.5 Å². The monoisotopic (exact) mass is 639 g/mol. The first-order valence-corrected chi connectivity index (χ1v) is 16.4. The van der Waals surface area contributed by atoms with E-state index in [4.69, 9.17) is 14.6 Å². The molecule has 0 radical (unpaired) electrons. The van der Waals surface area contributed by atoms with Gasteiger partial charge in [-0.25, -0.2) is 4.68 Å². The Morgan fingerprint density at radius 2 is 1.78 bits per heavy atom. The minimum Gasteiger partial charge on any atom is -0.496 e. The molecular weight excluding hydrogens is 607 g/mol. The molecule has 0 bridgehead atoms. The molecule has 0 saturated carbocycles. The number of thioether (sulfide) groups is 1. The van der Waals surface area contributed by atoms with Gasteiger partial charge in [0.2, 0.25) is 11.8 Å². The lowest BCUT2D eigenvalue weighted by molar-refractivity contribution is -0.123. The fourth-order valence-corrected chi connectivity index (χ4v) is 7.65. The number of rotatable bonds is 9. The maximum Gasteiger partial charge on any atom is 0.240 e. The molecule has 1 N–H and O–H groups in total. The van der Waals surface area contributed by atoms with Gasteiger partial charge in [-0.1, -0.05) is 30.3 Å². The number of aryl methyl sites for hydroxylation is 1. The number of hydrogen-bond donors (Lipinski definition) is 1. The highest BCUT2D eigenvalue weighted by atomic mass is 32.2. The zero-order valence-electron chi connectivity index (χ0n) is 25.4. The summed E-state index contributed by atoms with van der Waals surface area (Å²) in [5, 5.41) is 9.98. The Morgan fingerprint density at radius 1 is 1.00 bits per heavy atom. The predicted molar refractivity (Wildman–Crippen MR) is 179 cm³/mol. The Labute approximate surface area is 270 Å². The van der Waals surface area contributed by atoms with E-state index in [1.165, 1.54) is 11.8 Å². The third-order valence-electron chi connectivity index (χ3n) is 7.85. The van der Waals surface area contributed by atoms with E-state index in [0.717, 1.165) is 32.9 Å². The van der Waals surface area contributed by atoms with Crippen LogP contribution in [0.4, 0.5) is 5.82 Å². The predicted octanol–water partition coefficient (Wildman–Crippen LogP) is 6.12. The molecule has 0 unspecified atom stereocenters. The number of anilines is 1. The average Bonchev–Trinajstić information content (AvgIpc) is 3.70. The van der Waals surface area contributed by atoms with Gasteiger partial charge < -0.3 is 14.8 Å². The number of methoxy groups -OCH3 is 2. The summed E-state index contributed by atoms with van der Waals surface area (Å²) >= 11 is 3.15. The average molecular weight is 640 g/mol. The molecule has 0 aliphatic carbocycles. The van der Waals surface area contributed by atoms with Gasteiger partial charge in [-0.05, 0) is 66.8 Å². The van der Waals surface area contributed by atoms with Gasteiger partial charge in [0, 0.05) is 16.6 Å². The number of ether oxygens (including phenoxy) is 2. The molecule has 0 fully saturated rings. The van der Waals surface area contributed by atoms with Crippen molar-refractivity contribution in [3.8, 4) is 28.4 Å². The van der Waals surface area contributed by atoms with Gasteiger partial charge >= 0.3 is 0 Å². The summed E-state index contributed by atoms with van der Waals surface area (Å²) in [5.74, 6) is 1.43. The molecule has 11 heteroatoms. The fourth-order valence-electron chi connectivity index (χ4n) is 5.48. The first-order valence-electron chi connectivity index (χ1n) is 14.4. The van der Waals surface area contributed by atoms with E-state index in [0.29, 0.717) is 28.6 Å². The second-order valence-electron chi connectivity index (χ2n) is 10.5. The van der Waals surface area contributed by atoms with Crippen molar-refractivity contribution >= 4 is 40.7 Å². The Hall–Kier alpha value is -4.61. The highest BCUT2D eigenvalue weighted by Crippen LogP contribution is 2.52. The van der Waals surface area contributed by atoms with Crippen LogP contribution in [0, 0.1) is 13.8 Å². The summed E-state index contributed by atoms with van der Waals surface area (Å²) in [6.45, 7) is 4.15. The zero-order chi connectivity index (χ0) is 31.5. The maximum atomic E-state index is 14.1. The molecule has 1 aliphatic heterocycles. The molecule has 4 heterocycles. The van der Waals surface area contributed by atoms with E-state index in [9.17, 15) is 9.59 Å². The van der Waals surface area contributed by atoms with E-state index in [2.05, 4.69) is 16.4 Å². The van der Waals surface area contributed by atoms with Crippen molar-refractivity contribution in [3.05, 3.63) is 106 Å². The van der Waals surface area contributed by atoms with Crippen molar-refractivity contribution in [1.29, 1.82) is 0 Å². The molecule has 0 spiro atoms. The molecular formula is C34H33N5O4S2. The number of carbonyl (C=O) groups excluding carboxylic acids is 2. The van der Waals surface area contributed by atoms with E-state index in [1.54, 1.807) is 36.7 Å². The molecule has 1 atom stereocenters. The molecule has 6 rings (SSSR count). The summed E-state index contributed by atoms with van der Waals surface area (Å²) in [6, 6.07) is 21.3. The standard InChI is InChI=1S/C34H33N5O4S2/c1-21-10-7-12-24(22(21)2)39-34-31(32(37-39)30-25(42-3)13-8-14-26(30)43-4)33(27-15-9-17-44-27)45-20-29(41)38(34)19-28(40)36-18-23-11-5-6-16-35-23/h5-17,33H,18-20H2,1-4H3,(H,36,40)/t33-/m1/s1. The highest BCUT2D eigenvalue weighted by Gasteiger charge is 2.39. The fraction of sp³-hybridized carbons (Fsp3) is 0.235. The third-order valence-corrected chi connectivity index (χ3v) is 10.2. The number of benzene rings is 2. The molecule has 0 saturated heterocycles. The van der Waals surface area contributed by atoms with Crippen molar-refractivity contribution in [3.63, 3.8) is 0 Å². The number of amides is 2. The summed E-state index contributed by atoms with van der Waals surface area (Å²) in [5.41, 5.74) is 5.76. The maximum absolute atomic E-state index is 14.1. The summed E-state index contributed by atoms with van der Waals surface area (Å²) in [6.07, 6.45) is 1.68. The Balaban J connectivity index is 1.60. The molecule has 45 heavy (non-hydrogen) atoms. The van der Waals surface area contributed by atoms with E-state index < -0.39 is 0 Å². The van der Waals surface area contributed by atoms with Gasteiger partial charge in [-0.2, -0.15) is 5.10 Å². The molecule has 3 aromatic heterocycles. The molecule has 5 aromatic rings. The second kappa shape index (κ2) is 13.2. The molecule has 2 amide bonds. The molecule has 230 valence electrons. The normalized spacial score (nSPS) is 14.5. The third kappa shape index (κ3) is 5.93. The minimum atomic E-state index is -0.301. The quantitative estimate of drug-likeness (QED) is 0.208. The van der Waals surface area contributed by atoms with Crippen molar-refractivity contribution in [2.75, 3.05) is 31.4 Å². The van der Waals surface area contributed by atoms with Crippen LogP contribution in [-0.2, 0) is 16.1 Å². The lowest BCUT2D eigenvalue weighted by atomic mass is 10.0. The van der Waals surface area contributed by atoms with Crippen molar-refractivity contribution < 1.29 is 19.1 Å². The zero-order valence-corrected chi connectivity index (χ0v) is 27.1. The van der Waals surface area contributed by atoms with Crippen molar-refractivity contribution in [1.82, 2.24) is 20.1 Å². The number of hydrogen-bond acceptors (Lipinski definition) is 8. The Kier molecular flexibility index (Phi) is 8.90. The van der Waals surface area contributed by atoms with Gasteiger partial charge in [0.15, 0.2) is 0 Å². The number of fused-ring (bicyclic) bond motifs is 1. The largest absolute Gasteiger partial charge is 0.496 e. The molecule has 9 nitrogen and oxygen atoms in total. The summed E-state index contributed by atoms with van der Waals surface area (Å²) in [7, 11) is 3.23. The Bertz CT molecular complexity index is 1820. The number of thiophene rings is 1. The van der Waals surface area contributed by atoms with E-state index >= 15 is 0 Å². The van der Waals surface area contributed by atoms with Gasteiger partial charge in [0.1, 0.15) is 29.6 Å². The number of pyridine rings is 1. The van der Waals surface area contributed by atoms with Crippen LogP contribution in [0.5, 0.6) is 11.5 Å². The topological polar surface area (TPSA) is 98.6 Å². The highest BCUT2D eigenvalue weighted by molar-refractivity contribution is 8.00. The molecule has 2 aromatic carbocycles. The van der Waals surface area contributed by atoms with Crippen LogP contribution in [-0.4, -0.2) is 53.1 Å². The minimum absolute atomic E-state index is 0.181. The number of carbonyl (C=O) groups is 2. The lowest BCUT2D eigenvalue weighted by Crippen LogP contribution is -2.42. The first-order chi connectivity index (χ1) is 21.9. The van der Waals surface area contributed by atoms with Crippen LogP contribution < -0.4 is 19.7 Å². The van der Waals surface area contributed by atoms with Crippen LogP contribution in [0.2, 0.25) is 0 Å². The van der Waals surface area contributed by atoms with Crippen LogP contribution in [0.25, 0.3) is 16.9 Å².